The topological polar surface area (TPSA) is 93.4 Å². The number of hydrogen-bond donors (Lipinski definition) is 0. The molecule has 2 aromatic carbocycles. The second-order valence-corrected chi connectivity index (χ2v) is 8.30. The summed E-state index contributed by atoms with van der Waals surface area (Å²) in [5.74, 6) is 0. The average molecular weight is 385 g/mol. The van der Waals surface area contributed by atoms with Gasteiger partial charge >= 0.3 is 0 Å². The Balaban J connectivity index is 2.06. The molecule has 0 N–H and O–H groups in total. The van der Waals surface area contributed by atoms with E-state index in [1.807, 2.05) is 6.92 Å². The number of aryl methyl sites for hydroxylation is 1. The van der Waals surface area contributed by atoms with Gasteiger partial charge < -0.3 is 0 Å². The molecule has 0 aliphatic rings. The van der Waals surface area contributed by atoms with Crippen molar-refractivity contribution in [3.05, 3.63) is 76.0 Å². The van der Waals surface area contributed by atoms with Crippen molar-refractivity contribution in [3.8, 4) is 0 Å². The third-order valence-electron chi connectivity index (χ3n) is 4.70. The number of aromatic nitrogens is 1. The van der Waals surface area contributed by atoms with E-state index in [1.165, 1.54) is 23.5 Å². The summed E-state index contributed by atoms with van der Waals surface area (Å²) in [7, 11) is -2.37. The molecule has 0 aliphatic carbocycles. The van der Waals surface area contributed by atoms with Crippen molar-refractivity contribution < 1.29 is 13.3 Å². The first-order chi connectivity index (χ1) is 12.7. The molecule has 0 bridgehead atoms. The molecular weight excluding hydrogens is 366 g/mol. The van der Waals surface area contributed by atoms with Gasteiger partial charge in [-0.05, 0) is 43.2 Å². The molecular formula is C19H19N3O4S. The fraction of sp³-hybridized carbons (Fsp3) is 0.211. The Morgan fingerprint density at radius 3 is 2.59 bits per heavy atom. The second kappa shape index (κ2) is 7.05. The largest absolute Gasteiger partial charge is 0.269 e. The molecule has 0 aliphatic heterocycles. The normalized spacial score (nSPS) is 13.0. The van der Waals surface area contributed by atoms with Gasteiger partial charge in [-0.1, -0.05) is 18.2 Å². The zero-order valence-corrected chi connectivity index (χ0v) is 16.0. The van der Waals surface area contributed by atoms with Gasteiger partial charge in [0, 0.05) is 36.8 Å². The lowest BCUT2D eigenvalue weighted by molar-refractivity contribution is -0.384. The van der Waals surface area contributed by atoms with E-state index in [9.17, 15) is 18.5 Å². The molecule has 1 heterocycles. The number of non-ortho nitro benzene ring substituents is 1. The first-order valence-corrected chi connectivity index (χ1v) is 9.74. The van der Waals surface area contributed by atoms with Gasteiger partial charge in [0.1, 0.15) is 0 Å². The van der Waals surface area contributed by atoms with Gasteiger partial charge in [-0.2, -0.15) is 4.31 Å². The molecule has 0 saturated heterocycles. The lowest BCUT2D eigenvalue weighted by atomic mass is 10.1. The van der Waals surface area contributed by atoms with Gasteiger partial charge in [0.05, 0.1) is 15.3 Å². The Hall–Kier alpha value is -2.84. The van der Waals surface area contributed by atoms with Crippen LogP contribution in [-0.4, -0.2) is 29.7 Å². The summed E-state index contributed by atoms with van der Waals surface area (Å²) in [6.45, 7) is 3.58. The predicted molar refractivity (Wildman–Crippen MR) is 103 cm³/mol. The van der Waals surface area contributed by atoms with Crippen LogP contribution in [0.2, 0.25) is 0 Å². The number of nitro benzene ring substituents is 1. The highest BCUT2D eigenvalue weighted by atomic mass is 32.2. The standard InChI is InChI=1S/C19H19N3O4S/c1-13-9-10-18(17-8-5-11-20-19(13)17)27(25,26)21(3)14(2)15-6-4-7-16(12-15)22(23)24/h4-12,14H,1-3H3. The summed E-state index contributed by atoms with van der Waals surface area (Å²) >= 11 is 0. The zero-order valence-electron chi connectivity index (χ0n) is 15.2. The molecule has 1 atom stereocenters. The summed E-state index contributed by atoms with van der Waals surface area (Å²) in [5.41, 5.74) is 1.99. The predicted octanol–water partition coefficient (Wildman–Crippen LogP) is 3.83. The molecule has 3 aromatic rings. The maximum Gasteiger partial charge on any atom is 0.269 e. The summed E-state index contributed by atoms with van der Waals surface area (Å²) in [5, 5.41) is 11.6. The first kappa shape index (κ1) is 18.9. The SMILES string of the molecule is Cc1ccc(S(=O)(=O)N(C)C(C)c2cccc([N+](=O)[O-])c2)c2cccnc12. The monoisotopic (exact) mass is 385 g/mol. The number of rotatable bonds is 5. The maximum absolute atomic E-state index is 13.3. The van der Waals surface area contributed by atoms with E-state index in [0.717, 1.165) is 5.56 Å². The van der Waals surface area contributed by atoms with Gasteiger partial charge in [0.2, 0.25) is 10.0 Å². The third-order valence-corrected chi connectivity index (χ3v) is 6.68. The Labute approximate surface area is 157 Å². The van der Waals surface area contributed by atoms with Crippen LogP contribution >= 0.6 is 0 Å². The highest BCUT2D eigenvalue weighted by Crippen LogP contribution is 2.31. The van der Waals surface area contributed by atoms with E-state index in [0.29, 0.717) is 16.5 Å². The Bertz CT molecular complexity index is 1130. The minimum absolute atomic E-state index is 0.0740. The van der Waals surface area contributed by atoms with Crippen LogP contribution in [0.5, 0.6) is 0 Å². The molecule has 0 amide bonds. The van der Waals surface area contributed by atoms with Crippen molar-refractivity contribution in [2.75, 3.05) is 7.05 Å². The van der Waals surface area contributed by atoms with E-state index in [-0.39, 0.29) is 10.6 Å². The molecule has 0 fully saturated rings. The highest BCUT2D eigenvalue weighted by Gasteiger charge is 2.29. The molecule has 27 heavy (non-hydrogen) atoms. The number of fused-ring (bicyclic) bond motifs is 1. The first-order valence-electron chi connectivity index (χ1n) is 8.30. The fourth-order valence-corrected chi connectivity index (χ4v) is 4.52. The lowest BCUT2D eigenvalue weighted by Crippen LogP contribution is -2.30. The van der Waals surface area contributed by atoms with Crippen LogP contribution in [0.3, 0.4) is 0 Å². The summed E-state index contributed by atoms with van der Waals surface area (Å²) in [4.78, 5) is 15.0. The van der Waals surface area contributed by atoms with Crippen LogP contribution in [0.25, 0.3) is 10.9 Å². The average Bonchev–Trinajstić information content (AvgIpc) is 2.67. The quantitative estimate of drug-likeness (QED) is 0.491. The van der Waals surface area contributed by atoms with Crippen molar-refractivity contribution in [1.29, 1.82) is 0 Å². The number of benzene rings is 2. The molecule has 8 heteroatoms. The van der Waals surface area contributed by atoms with Crippen molar-refractivity contribution in [3.63, 3.8) is 0 Å². The van der Waals surface area contributed by atoms with E-state index in [4.69, 9.17) is 0 Å². The zero-order chi connectivity index (χ0) is 19.8. The number of hydrogen-bond acceptors (Lipinski definition) is 5. The second-order valence-electron chi connectivity index (χ2n) is 6.33. The minimum atomic E-state index is -3.84. The maximum atomic E-state index is 13.3. The fourth-order valence-electron chi connectivity index (χ4n) is 2.98. The van der Waals surface area contributed by atoms with Crippen molar-refractivity contribution in [2.45, 2.75) is 24.8 Å². The van der Waals surface area contributed by atoms with Gasteiger partial charge in [-0.15, -0.1) is 0 Å². The lowest BCUT2D eigenvalue weighted by Gasteiger charge is -2.25. The molecule has 3 rings (SSSR count). The number of pyridine rings is 1. The van der Waals surface area contributed by atoms with Crippen LogP contribution in [-0.2, 0) is 10.0 Å². The smallest absolute Gasteiger partial charge is 0.258 e. The van der Waals surface area contributed by atoms with Crippen molar-refractivity contribution >= 4 is 26.6 Å². The molecule has 0 saturated carbocycles. The minimum Gasteiger partial charge on any atom is -0.258 e. The summed E-state index contributed by atoms with van der Waals surface area (Å²) < 4.78 is 27.7. The van der Waals surface area contributed by atoms with E-state index < -0.39 is 21.0 Å². The number of nitro groups is 1. The van der Waals surface area contributed by atoms with Crippen LogP contribution < -0.4 is 0 Å². The van der Waals surface area contributed by atoms with E-state index in [1.54, 1.807) is 49.5 Å². The van der Waals surface area contributed by atoms with Gasteiger partial charge in [-0.3, -0.25) is 15.1 Å². The molecule has 7 nitrogen and oxygen atoms in total. The van der Waals surface area contributed by atoms with Gasteiger partial charge in [0.15, 0.2) is 0 Å². The Kier molecular flexibility index (Phi) is 4.95. The Morgan fingerprint density at radius 2 is 1.89 bits per heavy atom. The van der Waals surface area contributed by atoms with E-state index in [2.05, 4.69) is 4.98 Å². The van der Waals surface area contributed by atoms with Crippen LogP contribution in [0.1, 0.15) is 24.1 Å². The van der Waals surface area contributed by atoms with Gasteiger partial charge in [0.25, 0.3) is 5.69 Å². The van der Waals surface area contributed by atoms with E-state index >= 15 is 0 Å². The van der Waals surface area contributed by atoms with Crippen molar-refractivity contribution in [1.82, 2.24) is 9.29 Å². The van der Waals surface area contributed by atoms with Crippen LogP contribution in [0, 0.1) is 17.0 Å². The molecule has 140 valence electrons. The third kappa shape index (κ3) is 3.41. The van der Waals surface area contributed by atoms with Crippen LogP contribution in [0.15, 0.2) is 59.6 Å². The van der Waals surface area contributed by atoms with Crippen molar-refractivity contribution in [2.24, 2.45) is 0 Å². The highest BCUT2D eigenvalue weighted by molar-refractivity contribution is 7.89. The summed E-state index contributed by atoms with van der Waals surface area (Å²) in [6.07, 6.45) is 1.63. The molecule has 0 radical (unpaired) electrons. The molecule has 1 aromatic heterocycles. The number of nitrogens with zero attached hydrogens (tertiary/aromatic N) is 3. The molecule has 1 unspecified atom stereocenters. The summed E-state index contributed by atoms with van der Waals surface area (Å²) in [6, 6.07) is 12.2. The Morgan fingerprint density at radius 1 is 1.15 bits per heavy atom. The number of sulfonamides is 1. The molecule has 0 spiro atoms. The van der Waals surface area contributed by atoms with Gasteiger partial charge in [-0.25, -0.2) is 8.42 Å². The van der Waals surface area contributed by atoms with Crippen LogP contribution in [0.4, 0.5) is 5.69 Å².